The molecule has 2 aromatic rings. The number of aromatic nitrogens is 2. The Morgan fingerprint density at radius 2 is 2.16 bits per heavy atom. The van der Waals surface area contributed by atoms with Crippen LogP contribution in [0.2, 0.25) is 10.0 Å². The average Bonchev–Trinajstić information content (AvgIpc) is 2.76. The van der Waals surface area contributed by atoms with Crippen LogP contribution in [-0.2, 0) is 0 Å². The van der Waals surface area contributed by atoms with Gasteiger partial charge in [-0.3, -0.25) is 4.79 Å². The van der Waals surface area contributed by atoms with Crippen LogP contribution in [0.3, 0.4) is 0 Å². The molecule has 98 valence electrons. The third-order valence-corrected chi connectivity index (χ3v) is 3.52. The first-order chi connectivity index (χ1) is 9.08. The lowest BCUT2D eigenvalue weighted by molar-refractivity contribution is 0.128. The summed E-state index contributed by atoms with van der Waals surface area (Å²) in [6, 6.07) is 4.86. The predicted molar refractivity (Wildman–Crippen MR) is 73.7 cm³/mol. The van der Waals surface area contributed by atoms with Crippen LogP contribution < -0.4 is 10.9 Å². The Morgan fingerprint density at radius 1 is 1.37 bits per heavy atom. The standard InChI is InChI=1S/C12H9Cl2N3O2/c13-6-1-2-9(14)7(3-6)8-4-15-12-16-5-10(18)17(12)11(8)19/h1-4,10,18H,5H2,(H,15,16). The summed E-state index contributed by atoms with van der Waals surface area (Å²) in [5, 5.41) is 13.5. The Labute approximate surface area is 118 Å². The van der Waals surface area contributed by atoms with E-state index in [0.717, 1.165) is 0 Å². The topological polar surface area (TPSA) is 67.2 Å². The molecule has 2 N–H and O–H groups in total. The lowest BCUT2D eigenvalue weighted by atomic mass is 10.1. The Balaban J connectivity index is 2.25. The second-order valence-corrected chi connectivity index (χ2v) is 5.00. The summed E-state index contributed by atoms with van der Waals surface area (Å²) in [5.74, 6) is 0.347. The molecule has 0 fully saturated rings. The number of rotatable bonds is 1. The van der Waals surface area contributed by atoms with Gasteiger partial charge in [0, 0.05) is 21.8 Å². The zero-order valence-electron chi connectivity index (χ0n) is 9.60. The number of nitrogens with zero attached hydrogens (tertiary/aromatic N) is 2. The van der Waals surface area contributed by atoms with Crippen LogP contribution in [0.1, 0.15) is 6.23 Å². The highest BCUT2D eigenvalue weighted by Gasteiger charge is 2.24. The highest BCUT2D eigenvalue weighted by atomic mass is 35.5. The molecule has 1 aromatic heterocycles. The molecule has 0 saturated heterocycles. The average molecular weight is 298 g/mol. The van der Waals surface area contributed by atoms with Crippen LogP contribution >= 0.6 is 23.2 Å². The Hall–Kier alpha value is -1.56. The molecule has 7 heteroatoms. The smallest absolute Gasteiger partial charge is 0.265 e. The summed E-state index contributed by atoms with van der Waals surface area (Å²) in [6.45, 7) is 0.259. The largest absolute Gasteiger partial charge is 0.371 e. The van der Waals surface area contributed by atoms with E-state index in [9.17, 15) is 9.90 Å². The number of aliphatic hydroxyl groups excluding tert-OH is 1. The lowest BCUT2D eigenvalue weighted by Gasteiger charge is -2.09. The highest BCUT2D eigenvalue weighted by molar-refractivity contribution is 6.35. The molecule has 5 nitrogen and oxygen atoms in total. The fourth-order valence-corrected chi connectivity index (χ4v) is 2.43. The molecule has 0 saturated carbocycles. The van der Waals surface area contributed by atoms with Gasteiger partial charge in [-0.25, -0.2) is 9.55 Å². The SMILES string of the molecule is O=c1c(-c2cc(Cl)ccc2Cl)cnc2n1C(O)CN2. The second kappa shape index (κ2) is 4.52. The minimum atomic E-state index is -0.923. The highest BCUT2D eigenvalue weighted by Crippen LogP contribution is 2.29. The fraction of sp³-hybridized carbons (Fsp3) is 0.167. The lowest BCUT2D eigenvalue weighted by Crippen LogP contribution is -2.24. The zero-order chi connectivity index (χ0) is 13.6. The second-order valence-electron chi connectivity index (χ2n) is 4.16. The third-order valence-electron chi connectivity index (χ3n) is 2.95. The Bertz CT molecular complexity index is 715. The molecule has 0 spiro atoms. The van der Waals surface area contributed by atoms with Crippen molar-refractivity contribution < 1.29 is 5.11 Å². The minimum absolute atomic E-state index is 0.259. The van der Waals surface area contributed by atoms with Gasteiger partial charge in [0.05, 0.1) is 12.1 Å². The number of anilines is 1. The van der Waals surface area contributed by atoms with Crippen LogP contribution in [0.5, 0.6) is 0 Å². The quantitative estimate of drug-likeness (QED) is 0.846. The van der Waals surface area contributed by atoms with Gasteiger partial charge in [-0.2, -0.15) is 0 Å². The summed E-state index contributed by atoms with van der Waals surface area (Å²) < 4.78 is 1.20. The van der Waals surface area contributed by atoms with E-state index in [0.29, 0.717) is 27.1 Å². The van der Waals surface area contributed by atoms with Crippen molar-refractivity contribution in [2.75, 3.05) is 11.9 Å². The van der Waals surface area contributed by atoms with Crippen molar-refractivity contribution in [1.29, 1.82) is 0 Å². The summed E-state index contributed by atoms with van der Waals surface area (Å²) >= 11 is 12.0. The molecule has 0 radical (unpaired) electrons. The van der Waals surface area contributed by atoms with Gasteiger partial charge in [-0.15, -0.1) is 0 Å². The summed E-state index contributed by atoms with van der Waals surface area (Å²) in [6.07, 6.45) is 0.504. The van der Waals surface area contributed by atoms with E-state index in [1.165, 1.54) is 10.8 Å². The number of aliphatic hydroxyl groups is 1. The van der Waals surface area contributed by atoms with Crippen molar-refractivity contribution in [3.8, 4) is 11.1 Å². The third kappa shape index (κ3) is 2.00. The van der Waals surface area contributed by atoms with Crippen LogP contribution in [-0.4, -0.2) is 21.2 Å². The molecule has 19 heavy (non-hydrogen) atoms. The van der Waals surface area contributed by atoms with E-state index in [4.69, 9.17) is 23.2 Å². The number of halogens is 2. The van der Waals surface area contributed by atoms with Crippen molar-refractivity contribution in [3.05, 3.63) is 44.8 Å². The first-order valence-corrected chi connectivity index (χ1v) is 6.32. The maximum absolute atomic E-state index is 12.4. The van der Waals surface area contributed by atoms with Gasteiger partial charge >= 0.3 is 0 Å². The number of nitrogens with one attached hydrogen (secondary N) is 1. The van der Waals surface area contributed by atoms with Crippen LogP contribution in [0.15, 0.2) is 29.2 Å². The van der Waals surface area contributed by atoms with Crippen LogP contribution in [0.25, 0.3) is 11.1 Å². The first-order valence-electron chi connectivity index (χ1n) is 5.57. The molecule has 3 rings (SSSR count). The molecule has 1 unspecified atom stereocenters. The van der Waals surface area contributed by atoms with Crippen molar-refractivity contribution in [3.63, 3.8) is 0 Å². The molecule has 2 heterocycles. The van der Waals surface area contributed by atoms with E-state index in [1.54, 1.807) is 18.2 Å². The van der Waals surface area contributed by atoms with Crippen molar-refractivity contribution in [2.45, 2.75) is 6.23 Å². The van der Waals surface area contributed by atoms with Crippen molar-refractivity contribution in [1.82, 2.24) is 9.55 Å². The normalized spacial score (nSPS) is 17.1. The van der Waals surface area contributed by atoms with E-state index in [2.05, 4.69) is 10.3 Å². The molecule has 0 aliphatic carbocycles. The molecule has 1 aromatic carbocycles. The zero-order valence-corrected chi connectivity index (χ0v) is 11.1. The molecule has 0 amide bonds. The van der Waals surface area contributed by atoms with Gasteiger partial charge in [0.2, 0.25) is 5.95 Å². The van der Waals surface area contributed by atoms with Gasteiger partial charge in [-0.05, 0) is 18.2 Å². The summed E-state index contributed by atoms with van der Waals surface area (Å²) in [5.41, 5.74) is 0.451. The van der Waals surface area contributed by atoms with E-state index in [-0.39, 0.29) is 12.1 Å². The van der Waals surface area contributed by atoms with E-state index < -0.39 is 6.23 Å². The molecule has 1 atom stereocenters. The number of benzene rings is 1. The minimum Gasteiger partial charge on any atom is -0.371 e. The predicted octanol–water partition coefficient (Wildman–Crippen LogP) is 2.13. The van der Waals surface area contributed by atoms with Crippen molar-refractivity contribution >= 4 is 29.2 Å². The Morgan fingerprint density at radius 3 is 2.95 bits per heavy atom. The van der Waals surface area contributed by atoms with Crippen LogP contribution in [0, 0.1) is 0 Å². The number of β-amino-alcohol motifs (C(OH)–C–C–N with tert-alkyl or cyclic N) is 1. The van der Waals surface area contributed by atoms with Crippen molar-refractivity contribution in [2.24, 2.45) is 0 Å². The first kappa shape index (κ1) is 12.5. The molecule has 0 bridgehead atoms. The summed E-state index contributed by atoms with van der Waals surface area (Å²) in [7, 11) is 0. The number of fused-ring (bicyclic) bond motifs is 1. The van der Waals surface area contributed by atoms with Crippen LogP contribution in [0.4, 0.5) is 5.95 Å². The number of hydrogen-bond donors (Lipinski definition) is 2. The van der Waals surface area contributed by atoms with E-state index in [1.807, 2.05) is 0 Å². The monoisotopic (exact) mass is 297 g/mol. The van der Waals surface area contributed by atoms with Gasteiger partial charge in [0.25, 0.3) is 5.56 Å². The number of hydrogen-bond acceptors (Lipinski definition) is 4. The fourth-order valence-electron chi connectivity index (χ4n) is 2.04. The summed E-state index contributed by atoms with van der Waals surface area (Å²) in [4.78, 5) is 16.5. The maximum atomic E-state index is 12.4. The maximum Gasteiger partial charge on any atom is 0.265 e. The Kier molecular flexibility index (Phi) is 2.97. The van der Waals surface area contributed by atoms with Gasteiger partial charge < -0.3 is 10.4 Å². The molecular weight excluding hydrogens is 289 g/mol. The van der Waals surface area contributed by atoms with Gasteiger partial charge in [0.15, 0.2) is 6.23 Å². The molecular formula is C12H9Cl2N3O2. The molecule has 1 aliphatic heterocycles. The van der Waals surface area contributed by atoms with Gasteiger partial charge in [-0.1, -0.05) is 23.2 Å². The van der Waals surface area contributed by atoms with Gasteiger partial charge in [0.1, 0.15) is 0 Å². The van der Waals surface area contributed by atoms with E-state index >= 15 is 0 Å². The molecule has 1 aliphatic rings.